The van der Waals surface area contributed by atoms with Crippen molar-refractivity contribution < 1.29 is 122 Å². The van der Waals surface area contributed by atoms with Crippen LogP contribution in [-0.2, 0) is 83.2 Å². The molecule has 0 aromatic heterocycles. The number of ketones is 3. The number of hydrogen-bond acceptors (Lipinski definition) is 25. The third-order valence-electron chi connectivity index (χ3n) is 22.6. The molecule has 41 heteroatoms. The number of fused-ring (bicyclic) bond motifs is 3. The van der Waals surface area contributed by atoms with Crippen molar-refractivity contribution in [3.8, 4) is 23.0 Å². The number of carbonyl (C=O) groups is 14. The van der Waals surface area contributed by atoms with Crippen molar-refractivity contribution in [2.24, 2.45) is 0 Å². The second-order valence-corrected chi connectivity index (χ2v) is 38.4. The smallest absolute Gasteiger partial charge is 0.330 e. The number of urea groups is 4. The fourth-order valence-corrected chi connectivity index (χ4v) is 20.9. The van der Waals surface area contributed by atoms with Crippen LogP contribution in [0.25, 0.3) is 0 Å². The summed E-state index contributed by atoms with van der Waals surface area (Å²) >= 11 is 0. The summed E-state index contributed by atoms with van der Waals surface area (Å²) in [6.45, 7) is 14.6. The van der Waals surface area contributed by atoms with Crippen molar-refractivity contribution in [3.05, 3.63) is 229 Å². The van der Waals surface area contributed by atoms with Gasteiger partial charge in [0.2, 0.25) is 29.5 Å². The molecule has 7 N–H and O–H groups in total. The Hall–Kier alpha value is -14.5. The van der Waals surface area contributed by atoms with Gasteiger partial charge in [0, 0.05) is 125 Å². The molecule has 720 valence electrons. The number of hydrogen-bond donors (Lipinski definition) is 7. The molecule has 6 fully saturated rings. The van der Waals surface area contributed by atoms with E-state index in [-0.39, 0.29) is 157 Å². The molecule has 38 nitrogen and oxygen atoms in total. The molecule has 7 aromatic rings. The highest BCUT2D eigenvalue weighted by Crippen LogP contribution is 2.41. The molecule has 10 aliphatic heterocycles. The van der Waals surface area contributed by atoms with Crippen LogP contribution in [0.1, 0.15) is 131 Å². The van der Waals surface area contributed by atoms with Gasteiger partial charge in [-0.05, 0) is 139 Å². The van der Waals surface area contributed by atoms with Crippen molar-refractivity contribution >= 4 is 135 Å². The lowest BCUT2D eigenvalue weighted by Crippen LogP contribution is -2.51. The molecule has 136 heavy (non-hydrogen) atoms. The maximum Gasteiger partial charge on any atom is 0.330 e. The Kier molecular flexibility index (Phi) is 35.6. The average Bonchev–Trinajstić information content (AvgIpc) is 1.57. The average molecular weight is 1930 g/mol. The highest BCUT2D eigenvalue weighted by molar-refractivity contribution is 7.92. The number of amides is 13. The van der Waals surface area contributed by atoms with Crippen LogP contribution in [0.4, 0.5) is 41.9 Å². The van der Waals surface area contributed by atoms with E-state index in [1.54, 1.807) is 165 Å². The zero-order valence-electron chi connectivity index (χ0n) is 74.8. The summed E-state index contributed by atoms with van der Waals surface area (Å²) in [5.41, 5.74) is 7.12. The van der Waals surface area contributed by atoms with Gasteiger partial charge < -0.3 is 64.7 Å². The minimum atomic E-state index is -3.35. The van der Waals surface area contributed by atoms with E-state index in [1.807, 2.05) is 48.5 Å². The van der Waals surface area contributed by atoms with Crippen LogP contribution in [0, 0.1) is 0 Å². The van der Waals surface area contributed by atoms with E-state index >= 15 is 0 Å². The number of ether oxygens (including phenoxy) is 4. The van der Waals surface area contributed by atoms with E-state index in [2.05, 4.69) is 46.7 Å². The third kappa shape index (κ3) is 28.3. The van der Waals surface area contributed by atoms with Gasteiger partial charge in [-0.1, -0.05) is 92.9 Å². The highest BCUT2D eigenvalue weighted by Gasteiger charge is 2.43. The third-order valence-corrected chi connectivity index (χ3v) is 27.8. The Balaban J connectivity index is 0.000000153. The lowest BCUT2D eigenvalue weighted by Gasteiger charge is -2.37. The molecule has 0 bridgehead atoms. The van der Waals surface area contributed by atoms with Gasteiger partial charge in [0.05, 0.1) is 116 Å². The molecule has 0 aliphatic carbocycles. The Morgan fingerprint density at radius 2 is 0.926 bits per heavy atom. The molecular weight excluding hydrogens is 1820 g/mol. The number of sulfone groups is 3. The maximum absolute atomic E-state index is 12.1. The van der Waals surface area contributed by atoms with Gasteiger partial charge in [-0.3, -0.25) is 73.3 Å². The Morgan fingerprint density at radius 1 is 0.449 bits per heavy atom. The number of piperidine rings is 3. The van der Waals surface area contributed by atoms with E-state index in [0.717, 1.165) is 53.5 Å². The first-order valence-electron chi connectivity index (χ1n) is 43.8. The first-order valence-corrected chi connectivity index (χ1v) is 48.9. The Morgan fingerprint density at radius 3 is 1.49 bits per heavy atom. The highest BCUT2D eigenvalue weighted by atomic mass is 32.2. The van der Waals surface area contributed by atoms with Crippen molar-refractivity contribution in [2.75, 3.05) is 116 Å². The lowest BCUT2D eigenvalue weighted by molar-refractivity contribution is -0.143. The van der Waals surface area contributed by atoms with Crippen LogP contribution in [0.15, 0.2) is 216 Å². The van der Waals surface area contributed by atoms with Gasteiger partial charge in [-0.2, -0.15) is 0 Å². The van der Waals surface area contributed by atoms with Crippen LogP contribution in [0.5, 0.6) is 23.0 Å². The summed E-state index contributed by atoms with van der Waals surface area (Å²) < 4.78 is 93.7. The van der Waals surface area contributed by atoms with Gasteiger partial charge in [-0.15, -0.1) is 0 Å². The molecule has 13 amide bonds. The fraction of sp³-hybridized carbons (Fsp3) is 0.347. The molecule has 0 radical (unpaired) electrons. The monoisotopic (exact) mass is 1930 g/mol. The minimum Gasteiger partial charge on any atom is -0.497 e. The molecule has 3 unspecified atom stereocenters. The van der Waals surface area contributed by atoms with E-state index in [4.69, 9.17) is 29.2 Å². The Labute approximate surface area is 785 Å². The predicted octanol–water partition coefficient (Wildman–Crippen LogP) is 9.37. The van der Waals surface area contributed by atoms with Gasteiger partial charge in [0.15, 0.2) is 29.5 Å². The summed E-state index contributed by atoms with van der Waals surface area (Å²) in [6.07, 6.45) is 6.68. The zero-order valence-corrected chi connectivity index (χ0v) is 77.3. The van der Waals surface area contributed by atoms with Crippen LogP contribution in [-0.4, -0.2) is 230 Å². The quantitative estimate of drug-likeness (QED) is 0.0245. The number of aliphatic carboxylic acids is 2. The van der Waals surface area contributed by atoms with E-state index in [0.29, 0.717) is 128 Å². The van der Waals surface area contributed by atoms with E-state index in [9.17, 15) is 92.4 Å². The number of methoxy groups -OCH3 is 1. The number of imide groups is 2. The van der Waals surface area contributed by atoms with Crippen LogP contribution < -0.4 is 65.1 Å². The standard InChI is InChI=1S/C15H21N3O3.C14H16N2O4.C14H14N2O4.2C14H15NO4S.C12H12N2O4S.C12H13NO3/c1-2-16-9-3-11-21-13-6-4-12(5-7-13)18-10-8-14(19)17-15(18)20;2*1-10-5-7-16(14(19)15-10)11-3-2-4-12(9-11)20-8-6-13(17)18;16-10-5-7-15(14(17)9-10)12-6-8-20(18,19)13-4-2-1-3-11(12)13;16-11-5-6-15(14(17)7-11)13-9-20(18,19)8-10-3-1-2-4-12(10)13;15-11-5-6-14(12(16)13-11)9-7-19(17,18)10-4-2-1-3-8(9)10;1-16-11-4-2-9(3-5-11)13-7-6-10(14)8-12(13)15/h4-7,16H,2-3,8-11H2,1H3,(H,17,19,20);2-4,9H,1,5-8H2,(H,15,19)(H,17,18);2-5,7,9H,1,6,8H2,(H,15,19)(H,17,18);1-4,12H,5-9H2;1-4,13H,5-9H2;1-4,9H,5-7H2,(H,13,15,16);2-5H,6-8H2,1H3. The second kappa shape index (κ2) is 47.5. The molecule has 7 aromatic carbocycles. The van der Waals surface area contributed by atoms with Crippen molar-refractivity contribution in [2.45, 2.75) is 124 Å². The molecule has 0 saturated carbocycles. The van der Waals surface area contributed by atoms with Crippen molar-refractivity contribution in [1.29, 1.82) is 0 Å². The number of anilines is 4. The van der Waals surface area contributed by atoms with Crippen LogP contribution in [0.2, 0.25) is 0 Å². The summed E-state index contributed by atoms with van der Waals surface area (Å²) in [7, 11) is -8.21. The maximum atomic E-state index is 12.1. The molecule has 6 saturated heterocycles. The second-order valence-electron chi connectivity index (χ2n) is 32.2. The molecule has 17 rings (SSSR count). The number of likely N-dealkylation sites (tertiary alicyclic amines) is 2. The summed E-state index contributed by atoms with van der Waals surface area (Å²) in [6, 6.07) is 46.7. The molecular formula is C95H106N12O26S3. The first kappa shape index (κ1) is 102. The number of nitrogens with one attached hydrogen (secondary N) is 5. The number of nitrogens with zero attached hydrogens (tertiary/aromatic N) is 7. The van der Waals surface area contributed by atoms with Gasteiger partial charge in [-0.25, -0.2) is 44.4 Å². The van der Waals surface area contributed by atoms with Crippen LogP contribution >= 0.6 is 0 Å². The number of Topliss-reactive ketones (excluding diaryl/α,β-unsaturated/α-hetero) is 3. The minimum absolute atomic E-state index is 0.0199. The first-order chi connectivity index (χ1) is 65.0. The van der Waals surface area contributed by atoms with Gasteiger partial charge >= 0.3 is 36.1 Å². The summed E-state index contributed by atoms with van der Waals surface area (Å²) in [5.74, 6) is -0.551. The van der Waals surface area contributed by atoms with E-state index in [1.165, 1.54) is 9.80 Å². The van der Waals surface area contributed by atoms with Gasteiger partial charge in [0.1, 0.15) is 40.3 Å². The normalized spacial score (nSPS) is 19.5. The number of carboxylic acids is 2. The fourth-order valence-electron chi connectivity index (χ4n) is 15.8. The van der Waals surface area contributed by atoms with Crippen molar-refractivity contribution in [3.63, 3.8) is 0 Å². The van der Waals surface area contributed by atoms with Gasteiger partial charge in [0.25, 0.3) is 0 Å². The largest absolute Gasteiger partial charge is 0.497 e. The van der Waals surface area contributed by atoms with Crippen LogP contribution in [0.3, 0.4) is 0 Å². The number of carbonyl (C=O) groups excluding carboxylic acids is 12. The molecule has 10 heterocycles. The molecule has 0 spiro atoms. The summed E-state index contributed by atoms with van der Waals surface area (Å²) in [5, 5.41) is 30.1. The number of benzene rings is 7. The van der Waals surface area contributed by atoms with E-state index < -0.39 is 59.6 Å². The molecule has 3 atom stereocenters. The van der Waals surface area contributed by atoms with Crippen molar-refractivity contribution in [1.82, 2.24) is 41.3 Å². The predicted molar refractivity (Wildman–Crippen MR) is 498 cm³/mol. The topological polar surface area (TPSA) is 502 Å². The number of carboxylic acid groups (broad SMARTS) is 2. The number of allylic oxidation sites excluding steroid dienone is 1. The summed E-state index contributed by atoms with van der Waals surface area (Å²) in [4.78, 5) is 171. The Bertz CT molecular complexity index is 6090. The SMILES string of the molecule is C=C1C=CN(c2cccc(OCCC(=O)O)c2)C(=O)N1.C=C1CCN(c2cccc(OCCC(=O)O)c2)C(=O)N1.CCNCCCOc1ccc(N2CCC(=O)NC2=O)cc1.COc1ccc(N2CCC(=O)CC2=O)cc1.O=C1CCN(C2CCS(=O)(=O)c3ccccc32)C(=O)C1.O=C1CCN(C2CS(=O)(=O)Cc3ccccc32)C(=O)C1.O=C1CCN(C2CS(=O)(=O)c3ccccc32)C(=O)N1. The lowest BCUT2D eigenvalue weighted by atomic mass is 9.98. The number of rotatable bonds is 22. The zero-order chi connectivity index (χ0) is 98.0. The molecule has 10 aliphatic rings.